The molecule has 0 saturated carbocycles. The van der Waals surface area contributed by atoms with Gasteiger partial charge < -0.3 is 14.2 Å². The summed E-state index contributed by atoms with van der Waals surface area (Å²) in [4.78, 5) is 17.6. The topological polar surface area (TPSA) is 60.9 Å². The highest BCUT2D eigenvalue weighted by molar-refractivity contribution is 6.42. The van der Waals surface area contributed by atoms with E-state index in [0.29, 0.717) is 26.4 Å². The molecule has 22 heavy (non-hydrogen) atoms. The van der Waals surface area contributed by atoms with Crippen LogP contribution in [0.4, 0.5) is 0 Å². The van der Waals surface area contributed by atoms with Crippen LogP contribution in [-0.4, -0.2) is 61.9 Å². The molecule has 0 amide bonds. The molecule has 1 aliphatic rings. The number of hydrogen-bond donors (Lipinski definition) is 0. The van der Waals surface area contributed by atoms with Gasteiger partial charge in [-0.3, -0.25) is 4.90 Å². The molecule has 1 fully saturated rings. The van der Waals surface area contributed by atoms with Gasteiger partial charge in [0.25, 0.3) is 0 Å². The van der Waals surface area contributed by atoms with Gasteiger partial charge in [-0.25, -0.2) is 4.79 Å². The standard InChI is InChI=1S/C13H15Cl3N2O4/c14-9-7-10(15)13(17-12(9)16)22-8-11(19)21-6-3-18-1-4-20-5-2-18/h7H,1-6,8H2. The molecule has 0 atom stereocenters. The minimum Gasteiger partial charge on any atom is -0.465 e. The van der Waals surface area contributed by atoms with E-state index >= 15 is 0 Å². The van der Waals surface area contributed by atoms with Gasteiger partial charge in [0.2, 0.25) is 5.88 Å². The number of aromatic nitrogens is 1. The number of nitrogens with zero attached hydrogens (tertiary/aromatic N) is 2. The summed E-state index contributed by atoms with van der Waals surface area (Å²) in [5, 5.41) is 0.448. The summed E-state index contributed by atoms with van der Waals surface area (Å²) in [5.41, 5.74) is 0. The van der Waals surface area contributed by atoms with E-state index in [4.69, 9.17) is 49.0 Å². The molecule has 0 N–H and O–H groups in total. The average molecular weight is 370 g/mol. The summed E-state index contributed by atoms with van der Waals surface area (Å²) >= 11 is 17.4. The second-order valence-electron chi connectivity index (χ2n) is 4.51. The maximum atomic E-state index is 11.6. The van der Waals surface area contributed by atoms with Crippen molar-refractivity contribution in [3.63, 3.8) is 0 Å². The average Bonchev–Trinajstić information content (AvgIpc) is 2.50. The summed E-state index contributed by atoms with van der Waals surface area (Å²) in [7, 11) is 0. The maximum absolute atomic E-state index is 11.6. The molecule has 2 rings (SSSR count). The smallest absolute Gasteiger partial charge is 0.344 e. The van der Waals surface area contributed by atoms with Gasteiger partial charge in [0.1, 0.15) is 11.6 Å². The fourth-order valence-corrected chi connectivity index (χ4v) is 2.36. The Morgan fingerprint density at radius 3 is 2.73 bits per heavy atom. The first-order chi connectivity index (χ1) is 10.6. The van der Waals surface area contributed by atoms with E-state index in [2.05, 4.69) is 9.88 Å². The highest BCUT2D eigenvalue weighted by Crippen LogP contribution is 2.30. The molecule has 1 saturated heterocycles. The molecule has 0 unspecified atom stereocenters. The van der Waals surface area contributed by atoms with E-state index in [1.807, 2.05) is 0 Å². The first-order valence-electron chi connectivity index (χ1n) is 6.66. The lowest BCUT2D eigenvalue weighted by Gasteiger charge is -2.26. The van der Waals surface area contributed by atoms with Gasteiger partial charge in [-0.2, -0.15) is 4.98 Å². The van der Waals surface area contributed by atoms with Crippen LogP contribution in [0.25, 0.3) is 0 Å². The Morgan fingerprint density at radius 1 is 1.27 bits per heavy atom. The van der Waals surface area contributed by atoms with Crippen molar-refractivity contribution in [3.8, 4) is 5.88 Å². The number of carbonyl (C=O) groups excluding carboxylic acids is 1. The molecule has 6 nitrogen and oxygen atoms in total. The van der Waals surface area contributed by atoms with E-state index in [-0.39, 0.29) is 27.7 Å². The van der Waals surface area contributed by atoms with Crippen molar-refractivity contribution in [1.29, 1.82) is 0 Å². The molecule has 1 aromatic heterocycles. The first kappa shape index (κ1) is 17.6. The van der Waals surface area contributed by atoms with Crippen LogP contribution in [0, 0.1) is 0 Å². The molecular formula is C13H15Cl3N2O4. The molecular weight excluding hydrogens is 355 g/mol. The lowest BCUT2D eigenvalue weighted by atomic mass is 10.4. The summed E-state index contributed by atoms with van der Waals surface area (Å²) in [6.07, 6.45) is 0. The van der Waals surface area contributed by atoms with E-state index in [1.54, 1.807) is 0 Å². The zero-order chi connectivity index (χ0) is 15.9. The minimum absolute atomic E-state index is 0.0428. The summed E-state index contributed by atoms with van der Waals surface area (Å²) in [6, 6.07) is 1.40. The van der Waals surface area contributed by atoms with E-state index in [9.17, 15) is 4.79 Å². The third-order valence-corrected chi connectivity index (χ3v) is 3.90. The second kappa shape index (κ2) is 8.74. The van der Waals surface area contributed by atoms with Crippen molar-refractivity contribution in [2.45, 2.75) is 0 Å². The fraction of sp³-hybridized carbons (Fsp3) is 0.538. The largest absolute Gasteiger partial charge is 0.465 e. The predicted molar refractivity (Wildman–Crippen MR) is 83.0 cm³/mol. The van der Waals surface area contributed by atoms with E-state index < -0.39 is 5.97 Å². The minimum atomic E-state index is -0.503. The highest BCUT2D eigenvalue weighted by atomic mass is 35.5. The number of halogens is 3. The van der Waals surface area contributed by atoms with Crippen LogP contribution in [0.5, 0.6) is 5.88 Å². The lowest BCUT2D eigenvalue weighted by Crippen LogP contribution is -2.38. The zero-order valence-corrected chi connectivity index (χ0v) is 14.0. The third-order valence-electron chi connectivity index (χ3n) is 2.96. The number of morpholine rings is 1. The van der Waals surface area contributed by atoms with Gasteiger partial charge in [0.05, 0.1) is 18.2 Å². The number of rotatable bonds is 6. The number of pyridine rings is 1. The molecule has 0 spiro atoms. The Kier molecular flexibility index (Phi) is 6.98. The molecule has 0 radical (unpaired) electrons. The molecule has 0 bridgehead atoms. The number of hydrogen-bond acceptors (Lipinski definition) is 6. The monoisotopic (exact) mass is 368 g/mol. The second-order valence-corrected chi connectivity index (χ2v) is 5.68. The normalized spacial score (nSPS) is 15.6. The first-order valence-corrected chi connectivity index (χ1v) is 7.79. The third kappa shape index (κ3) is 5.44. The maximum Gasteiger partial charge on any atom is 0.344 e. The Bertz CT molecular complexity index is 524. The van der Waals surface area contributed by atoms with Crippen molar-refractivity contribution >= 4 is 40.8 Å². The molecule has 9 heteroatoms. The van der Waals surface area contributed by atoms with Gasteiger partial charge in [0.15, 0.2) is 11.8 Å². The fourth-order valence-electron chi connectivity index (χ4n) is 1.81. The number of ether oxygens (including phenoxy) is 3. The van der Waals surface area contributed by atoms with Crippen LogP contribution in [0.3, 0.4) is 0 Å². The highest BCUT2D eigenvalue weighted by Gasteiger charge is 2.13. The Morgan fingerprint density at radius 2 is 2.00 bits per heavy atom. The van der Waals surface area contributed by atoms with Crippen LogP contribution < -0.4 is 4.74 Å². The van der Waals surface area contributed by atoms with Crippen LogP contribution in [0.2, 0.25) is 15.2 Å². The van der Waals surface area contributed by atoms with Gasteiger partial charge >= 0.3 is 5.97 Å². The molecule has 0 aliphatic carbocycles. The number of carbonyl (C=O) groups is 1. The Balaban J connectivity index is 1.70. The van der Waals surface area contributed by atoms with Crippen LogP contribution in [-0.2, 0) is 14.3 Å². The number of esters is 1. The molecule has 0 aromatic carbocycles. The van der Waals surface area contributed by atoms with Crippen molar-refractivity contribution < 1.29 is 19.0 Å². The van der Waals surface area contributed by atoms with Gasteiger partial charge in [-0.15, -0.1) is 0 Å². The molecule has 1 aliphatic heterocycles. The van der Waals surface area contributed by atoms with Crippen molar-refractivity contribution in [1.82, 2.24) is 9.88 Å². The Hall–Kier alpha value is -0.790. The predicted octanol–water partition coefficient (Wildman–Crippen LogP) is 2.30. The summed E-state index contributed by atoms with van der Waals surface area (Å²) < 4.78 is 15.5. The van der Waals surface area contributed by atoms with Gasteiger partial charge in [0, 0.05) is 19.6 Å². The van der Waals surface area contributed by atoms with Gasteiger partial charge in [-0.05, 0) is 6.07 Å². The molecule has 1 aromatic rings. The zero-order valence-electron chi connectivity index (χ0n) is 11.7. The SMILES string of the molecule is O=C(COc1nc(Cl)c(Cl)cc1Cl)OCCN1CCOCC1. The Labute approximate surface area is 143 Å². The van der Waals surface area contributed by atoms with Crippen LogP contribution >= 0.6 is 34.8 Å². The van der Waals surface area contributed by atoms with E-state index in [0.717, 1.165) is 13.1 Å². The summed E-state index contributed by atoms with van der Waals surface area (Å²) in [5.74, 6) is -0.460. The van der Waals surface area contributed by atoms with Crippen molar-refractivity contribution in [3.05, 3.63) is 21.3 Å². The van der Waals surface area contributed by atoms with E-state index in [1.165, 1.54) is 6.07 Å². The lowest BCUT2D eigenvalue weighted by molar-refractivity contribution is -0.146. The molecule has 2 heterocycles. The van der Waals surface area contributed by atoms with Crippen LogP contribution in [0.15, 0.2) is 6.07 Å². The van der Waals surface area contributed by atoms with Crippen molar-refractivity contribution in [2.75, 3.05) is 46.1 Å². The quantitative estimate of drug-likeness (QED) is 0.566. The van der Waals surface area contributed by atoms with Crippen LogP contribution in [0.1, 0.15) is 0 Å². The van der Waals surface area contributed by atoms with Gasteiger partial charge in [-0.1, -0.05) is 34.8 Å². The molecule has 122 valence electrons. The summed E-state index contributed by atoms with van der Waals surface area (Å²) in [6.45, 7) is 3.77. The van der Waals surface area contributed by atoms with Crippen molar-refractivity contribution in [2.24, 2.45) is 0 Å².